The smallest absolute Gasteiger partial charge is 0.0469 e. The van der Waals surface area contributed by atoms with E-state index in [1.54, 1.807) is 11.1 Å². The summed E-state index contributed by atoms with van der Waals surface area (Å²) in [4.78, 5) is 0. The molecule has 0 aromatic heterocycles. The zero-order chi connectivity index (χ0) is 25.7. The van der Waals surface area contributed by atoms with E-state index in [0.717, 1.165) is 25.0 Å². The molecule has 0 bridgehead atoms. The number of hydrogen-bond donors (Lipinski definition) is 0. The van der Waals surface area contributed by atoms with Gasteiger partial charge in [0.25, 0.3) is 0 Å². The van der Waals surface area contributed by atoms with Crippen molar-refractivity contribution in [2.45, 2.75) is 104 Å². The number of ether oxygens (including phenoxy) is 1. The minimum atomic E-state index is 0.874. The van der Waals surface area contributed by atoms with Crippen LogP contribution in [-0.2, 0) is 17.6 Å². The Bertz CT molecular complexity index is 897. The summed E-state index contributed by atoms with van der Waals surface area (Å²) in [7, 11) is 0. The molecule has 0 spiro atoms. The Hall–Kier alpha value is -2.12. The van der Waals surface area contributed by atoms with Gasteiger partial charge >= 0.3 is 0 Å². The third-order valence-electron chi connectivity index (χ3n) is 8.72. The molecule has 2 aliphatic rings. The zero-order valence-corrected chi connectivity index (χ0v) is 23.7. The monoisotopic (exact) mass is 498 g/mol. The molecule has 2 aromatic rings. The predicted octanol–water partition coefficient (Wildman–Crippen LogP) is 9.90. The van der Waals surface area contributed by atoms with E-state index in [2.05, 4.69) is 74.5 Å². The van der Waals surface area contributed by atoms with Gasteiger partial charge in [0.05, 0.1) is 0 Å². The van der Waals surface area contributed by atoms with E-state index in [9.17, 15) is 0 Å². The maximum atomic E-state index is 6.00. The fourth-order valence-corrected chi connectivity index (χ4v) is 6.02. The third-order valence-corrected chi connectivity index (χ3v) is 8.72. The van der Waals surface area contributed by atoms with Crippen LogP contribution >= 0.6 is 0 Å². The van der Waals surface area contributed by atoms with Gasteiger partial charge in [0, 0.05) is 13.2 Å². The number of benzene rings is 2. The molecule has 0 saturated carbocycles. The van der Waals surface area contributed by atoms with Crippen LogP contribution in [0.25, 0.3) is 0 Å². The molecule has 0 radical (unpaired) electrons. The highest BCUT2D eigenvalue weighted by Crippen LogP contribution is 2.30. The lowest BCUT2D eigenvalue weighted by Crippen LogP contribution is -2.08. The molecule has 200 valence electrons. The van der Waals surface area contributed by atoms with Gasteiger partial charge in [-0.3, -0.25) is 0 Å². The molecule has 0 aliphatic heterocycles. The predicted molar refractivity (Wildman–Crippen MR) is 159 cm³/mol. The molecule has 37 heavy (non-hydrogen) atoms. The van der Waals surface area contributed by atoms with Gasteiger partial charge < -0.3 is 4.74 Å². The summed E-state index contributed by atoms with van der Waals surface area (Å²) in [5.74, 6) is 1.75. The third kappa shape index (κ3) is 10.3. The average molecular weight is 499 g/mol. The summed E-state index contributed by atoms with van der Waals surface area (Å²) in [6.45, 7) is 6.18. The van der Waals surface area contributed by atoms with Gasteiger partial charge in [0.2, 0.25) is 0 Å². The molecule has 0 saturated heterocycles. The quantitative estimate of drug-likeness (QED) is 0.186. The summed E-state index contributed by atoms with van der Waals surface area (Å²) >= 11 is 0. The first-order valence-corrected chi connectivity index (χ1v) is 15.2. The van der Waals surface area contributed by atoms with Gasteiger partial charge in [0.15, 0.2) is 0 Å². The highest BCUT2D eigenvalue weighted by molar-refractivity contribution is 5.22. The van der Waals surface area contributed by atoms with Crippen LogP contribution in [0.4, 0.5) is 0 Å². The summed E-state index contributed by atoms with van der Waals surface area (Å²) in [6, 6.07) is 18.2. The molecule has 2 aromatic carbocycles. The van der Waals surface area contributed by atoms with Crippen molar-refractivity contribution in [3.63, 3.8) is 0 Å². The molecule has 0 amide bonds. The second kappa shape index (κ2) is 15.3. The van der Waals surface area contributed by atoms with Crippen LogP contribution in [-0.4, -0.2) is 13.2 Å². The minimum absolute atomic E-state index is 0.874. The van der Waals surface area contributed by atoms with E-state index in [-0.39, 0.29) is 0 Å². The molecule has 0 N–H and O–H groups in total. The minimum Gasteiger partial charge on any atom is -0.381 e. The van der Waals surface area contributed by atoms with Crippen molar-refractivity contribution >= 4 is 0 Å². The Kier molecular flexibility index (Phi) is 11.6. The molecule has 0 heterocycles. The van der Waals surface area contributed by atoms with Gasteiger partial charge in [0.1, 0.15) is 0 Å². The molecule has 1 heteroatoms. The standard InChI is InChI=1S/C36H50O/c1-29-7-11-33(12-8-29)23-25-35-19-15-31(16-20-35)5-3-27-37-28-4-6-32-17-21-36(22-18-32)26-24-34-13-9-30(2)10-14-34/h7-15,17,35-36H,3-6,16,18-28H2,1-2H3. The van der Waals surface area contributed by atoms with Crippen LogP contribution in [0.15, 0.2) is 71.8 Å². The fourth-order valence-electron chi connectivity index (χ4n) is 6.02. The van der Waals surface area contributed by atoms with Crippen molar-refractivity contribution in [1.29, 1.82) is 0 Å². The average Bonchev–Trinajstić information content (AvgIpc) is 2.93. The SMILES string of the molecule is Cc1ccc(CCC2CC=C(CCCOCCCC3=CCC(CCc4ccc(C)cc4)CC3)CC2)cc1. The summed E-state index contributed by atoms with van der Waals surface area (Å²) in [6.07, 6.45) is 23.0. The van der Waals surface area contributed by atoms with E-state index in [1.165, 1.54) is 112 Å². The second-order valence-electron chi connectivity index (χ2n) is 11.9. The van der Waals surface area contributed by atoms with E-state index in [4.69, 9.17) is 4.74 Å². The highest BCUT2D eigenvalue weighted by atomic mass is 16.5. The number of hydrogen-bond acceptors (Lipinski definition) is 1. The lowest BCUT2D eigenvalue weighted by Gasteiger charge is -2.22. The first kappa shape index (κ1) is 27.9. The van der Waals surface area contributed by atoms with Gasteiger partial charge in [-0.1, -0.05) is 83.0 Å². The van der Waals surface area contributed by atoms with Gasteiger partial charge in [-0.15, -0.1) is 0 Å². The Morgan fingerprint density at radius 3 is 1.41 bits per heavy atom. The molecule has 0 fully saturated rings. The Morgan fingerprint density at radius 1 is 0.595 bits per heavy atom. The van der Waals surface area contributed by atoms with Crippen LogP contribution in [0.3, 0.4) is 0 Å². The van der Waals surface area contributed by atoms with E-state index >= 15 is 0 Å². The van der Waals surface area contributed by atoms with Gasteiger partial charge in [-0.25, -0.2) is 0 Å². The Labute approximate surface area is 227 Å². The Balaban J connectivity index is 0.991. The molecule has 2 aliphatic carbocycles. The Morgan fingerprint density at radius 2 is 1.03 bits per heavy atom. The first-order valence-electron chi connectivity index (χ1n) is 15.2. The largest absolute Gasteiger partial charge is 0.381 e. The van der Waals surface area contributed by atoms with E-state index in [0.29, 0.717) is 0 Å². The number of aryl methyl sites for hydroxylation is 4. The summed E-state index contributed by atoms with van der Waals surface area (Å²) < 4.78 is 6.00. The van der Waals surface area contributed by atoms with Crippen molar-refractivity contribution in [2.75, 3.05) is 13.2 Å². The number of rotatable bonds is 14. The molecule has 2 unspecified atom stereocenters. The van der Waals surface area contributed by atoms with E-state index < -0.39 is 0 Å². The zero-order valence-electron chi connectivity index (χ0n) is 23.7. The summed E-state index contributed by atoms with van der Waals surface area (Å²) in [5.41, 5.74) is 9.07. The summed E-state index contributed by atoms with van der Waals surface area (Å²) in [5, 5.41) is 0. The van der Waals surface area contributed by atoms with Gasteiger partial charge in [-0.2, -0.15) is 0 Å². The second-order valence-corrected chi connectivity index (χ2v) is 11.9. The molecule has 2 atom stereocenters. The lowest BCUT2D eigenvalue weighted by atomic mass is 9.84. The van der Waals surface area contributed by atoms with Crippen LogP contribution in [0.5, 0.6) is 0 Å². The van der Waals surface area contributed by atoms with Crippen LogP contribution in [0.1, 0.15) is 99.3 Å². The van der Waals surface area contributed by atoms with Crippen molar-refractivity contribution in [1.82, 2.24) is 0 Å². The van der Waals surface area contributed by atoms with Crippen LogP contribution in [0, 0.1) is 25.7 Å². The first-order chi connectivity index (χ1) is 18.1. The lowest BCUT2D eigenvalue weighted by molar-refractivity contribution is 0.129. The number of allylic oxidation sites excluding steroid dienone is 4. The van der Waals surface area contributed by atoms with Crippen molar-refractivity contribution < 1.29 is 4.74 Å². The molecule has 1 nitrogen and oxygen atoms in total. The fraction of sp³-hybridized carbons (Fsp3) is 0.556. The topological polar surface area (TPSA) is 9.23 Å². The normalized spacial score (nSPS) is 19.9. The molecule has 4 rings (SSSR count). The molecular formula is C36H50O. The van der Waals surface area contributed by atoms with Crippen LogP contribution in [0.2, 0.25) is 0 Å². The van der Waals surface area contributed by atoms with Crippen molar-refractivity contribution in [3.8, 4) is 0 Å². The van der Waals surface area contributed by atoms with Crippen LogP contribution < -0.4 is 0 Å². The highest BCUT2D eigenvalue weighted by Gasteiger charge is 2.15. The van der Waals surface area contributed by atoms with Crippen molar-refractivity contribution in [3.05, 3.63) is 94.1 Å². The van der Waals surface area contributed by atoms with E-state index in [1.807, 2.05) is 0 Å². The maximum Gasteiger partial charge on any atom is 0.0469 e. The van der Waals surface area contributed by atoms with Crippen molar-refractivity contribution in [2.24, 2.45) is 11.8 Å². The molecular weight excluding hydrogens is 448 g/mol. The van der Waals surface area contributed by atoms with Gasteiger partial charge in [-0.05, 0) is 127 Å². The maximum absolute atomic E-state index is 6.00.